The maximum atomic E-state index is 6.11. The van der Waals surface area contributed by atoms with Gasteiger partial charge >= 0.3 is 0 Å². The molecule has 0 aliphatic carbocycles. The van der Waals surface area contributed by atoms with Crippen LogP contribution in [-0.4, -0.2) is 14.5 Å². The number of aromatic nitrogens is 3. The second-order valence-electron chi connectivity index (χ2n) is 13.4. The molecule has 0 bridgehead atoms. The molecule has 11 aromatic rings. The van der Waals surface area contributed by atoms with Gasteiger partial charge in [-0.3, -0.25) is 4.57 Å². The van der Waals surface area contributed by atoms with Gasteiger partial charge in [-0.15, -0.1) is 0 Å². The first-order chi connectivity index (χ1) is 25.8. The Hall–Kier alpha value is -7.04. The van der Waals surface area contributed by atoms with E-state index in [1.807, 2.05) is 18.2 Å². The zero-order chi connectivity index (χ0) is 34.2. The van der Waals surface area contributed by atoms with Crippen LogP contribution in [-0.2, 0) is 0 Å². The molecule has 52 heavy (non-hydrogen) atoms. The largest absolute Gasteiger partial charge is 0.456 e. The summed E-state index contributed by atoms with van der Waals surface area (Å²) in [5, 5.41) is 8.04. The SMILES string of the molecule is c1ccc(-c2cccc(-c3nc(-n4c5ccccc5c5c6ccc(-c7ccc8oc9ccccc9c8c7)cc6ccc54)nc4ccccc34)c2)cc1. The molecule has 0 N–H and O–H groups in total. The van der Waals surface area contributed by atoms with Crippen LogP contribution < -0.4 is 0 Å². The summed E-state index contributed by atoms with van der Waals surface area (Å²) in [5.41, 5.74) is 11.5. The van der Waals surface area contributed by atoms with Gasteiger partial charge in [0, 0.05) is 32.5 Å². The number of benzene rings is 8. The Balaban J connectivity index is 1.10. The zero-order valence-corrected chi connectivity index (χ0v) is 28.0. The number of fused-ring (bicyclic) bond motifs is 9. The number of hydrogen-bond donors (Lipinski definition) is 0. The maximum Gasteiger partial charge on any atom is 0.235 e. The lowest BCUT2D eigenvalue weighted by molar-refractivity contribution is 0.669. The summed E-state index contributed by atoms with van der Waals surface area (Å²) in [4.78, 5) is 10.6. The number of nitrogens with zero attached hydrogens (tertiary/aromatic N) is 3. The lowest BCUT2D eigenvalue weighted by Crippen LogP contribution is -2.03. The van der Waals surface area contributed by atoms with Gasteiger partial charge in [0.05, 0.1) is 22.2 Å². The fourth-order valence-electron chi connectivity index (χ4n) is 7.96. The van der Waals surface area contributed by atoms with Crippen LogP contribution >= 0.6 is 0 Å². The summed E-state index contributed by atoms with van der Waals surface area (Å²) < 4.78 is 8.34. The third-order valence-corrected chi connectivity index (χ3v) is 10.4. The molecule has 3 aromatic heterocycles. The zero-order valence-electron chi connectivity index (χ0n) is 28.0. The quantitative estimate of drug-likeness (QED) is 0.188. The van der Waals surface area contributed by atoms with Gasteiger partial charge in [-0.05, 0) is 81.6 Å². The highest BCUT2D eigenvalue weighted by atomic mass is 16.3. The molecule has 0 unspecified atom stereocenters. The molecule has 11 rings (SSSR count). The first-order valence-corrected chi connectivity index (χ1v) is 17.6. The molecule has 4 heteroatoms. The van der Waals surface area contributed by atoms with Crippen LogP contribution in [0.25, 0.3) is 105 Å². The van der Waals surface area contributed by atoms with E-state index >= 15 is 0 Å². The van der Waals surface area contributed by atoms with E-state index in [4.69, 9.17) is 14.4 Å². The lowest BCUT2D eigenvalue weighted by Gasteiger charge is -2.13. The monoisotopic (exact) mass is 663 g/mol. The maximum absolute atomic E-state index is 6.11. The fraction of sp³-hybridized carbons (Fsp3) is 0. The molecule has 0 aliphatic heterocycles. The van der Waals surface area contributed by atoms with Gasteiger partial charge in [0.25, 0.3) is 0 Å². The Kier molecular flexibility index (Phi) is 6.22. The Morgan fingerprint density at radius 2 is 1.08 bits per heavy atom. The van der Waals surface area contributed by atoms with E-state index in [1.165, 1.54) is 32.7 Å². The van der Waals surface area contributed by atoms with Crippen molar-refractivity contribution < 1.29 is 4.42 Å². The Morgan fingerprint density at radius 1 is 0.385 bits per heavy atom. The van der Waals surface area contributed by atoms with Crippen molar-refractivity contribution in [2.75, 3.05) is 0 Å². The predicted octanol–water partition coefficient (Wildman–Crippen LogP) is 12.8. The van der Waals surface area contributed by atoms with Crippen LogP contribution in [0.1, 0.15) is 0 Å². The van der Waals surface area contributed by atoms with Crippen molar-refractivity contribution >= 4 is 65.4 Å². The van der Waals surface area contributed by atoms with E-state index in [9.17, 15) is 0 Å². The van der Waals surface area contributed by atoms with Gasteiger partial charge in [-0.1, -0.05) is 127 Å². The van der Waals surface area contributed by atoms with Crippen molar-refractivity contribution in [2.45, 2.75) is 0 Å². The van der Waals surface area contributed by atoms with Gasteiger partial charge in [-0.25, -0.2) is 9.97 Å². The van der Waals surface area contributed by atoms with Crippen LogP contribution in [0.5, 0.6) is 0 Å². The molecular formula is C48H29N3O. The van der Waals surface area contributed by atoms with Crippen molar-refractivity contribution in [1.82, 2.24) is 14.5 Å². The van der Waals surface area contributed by atoms with E-state index in [-0.39, 0.29) is 0 Å². The Labute approximate surface area is 298 Å². The summed E-state index contributed by atoms with van der Waals surface area (Å²) >= 11 is 0. The highest BCUT2D eigenvalue weighted by Gasteiger charge is 2.19. The summed E-state index contributed by atoms with van der Waals surface area (Å²) in [6.07, 6.45) is 0. The molecule has 0 spiro atoms. The first kappa shape index (κ1) is 28.8. The molecule has 0 saturated heterocycles. The minimum Gasteiger partial charge on any atom is -0.456 e. The number of furan rings is 1. The van der Waals surface area contributed by atoms with Crippen molar-refractivity contribution in [3.63, 3.8) is 0 Å². The van der Waals surface area contributed by atoms with Gasteiger partial charge in [0.2, 0.25) is 5.95 Å². The number of para-hydroxylation sites is 3. The van der Waals surface area contributed by atoms with Crippen molar-refractivity contribution in [2.24, 2.45) is 0 Å². The van der Waals surface area contributed by atoms with Crippen LogP contribution in [0.2, 0.25) is 0 Å². The van der Waals surface area contributed by atoms with Crippen molar-refractivity contribution in [3.05, 3.63) is 176 Å². The number of hydrogen-bond acceptors (Lipinski definition) is 3. The van der Waals surface area contributed by atoms with Crippen molar-refractivity contribution in [1.29, 1.82) is 0 Å². The van der Waals surface area contributed by atoms with E-state index < -0.39 is 0 Å². The highest BCUT2D eigenvalue weighted by Crippen LogP contribution is 2.40. The minimum absolute atomic E-state index is 0.654. The van der Waals surface area contributed by atoms with Crippen LogP contribution in [0.15, 0.2) is 180 Å². The smallest absolute Gasteiger partial charge is 0.235 e. The van der Waals surface area contributed by atoms with Gasteiger partial charge in [0.15, 0.2) is 0 Å². The molecule has 4 nitrogen and oxygen atoms in total. The average Bonchev–Trinajstić information content (AvgIpc) is 3.76. The van der Waals surface area contributed by atoms with Crippen LogP contribution in [0.4, 0.5) is 0 Å². The molecule has 0 saturated carbocycles. The minimum atomic E-state index is 0.654. The number of rotatable bonds is 4. The van der Waals surface area contributed by atoms with Gasteiger partial charge < -0.3 is 4.42 Å². The molecule has 0 fully saturated rings. The van der Waals surface area contributed by atoms with Crippen LogP contribution in [0, 0.1) is 0 Å². The van der Waals surface area contributed by atoms with E-state index in [0.717, 1.165) is 66.3 Å². The molecule has 0 aliphatic rings. The van der Waals surface area contributed by atoms with Gasteiger partial charge in [0.1, 0.15) is 11.2 Å². The van der Waals surface area contributed by atoms with E-state index in [2.05, 4.69) is 162 Å². The molecular weight excluding hydrogens is 635 g/mol. The average molecular weight is 664 g/mol. The van der Waals surface area contributed by atoms with Crippen LogP contribution in [0.3, 0.4) is 0 Å². The Bertz CT molecular complexity index is 3190. The normalized spacial score (nSPS) is 11.8. The van der Waals surface area contributed by atoms with E-state index in [1.54, 1.807) is 0 Å². The Morgan fingerprint density at radius 3 is 2.00 bits per heavy atom. The topological polar surface area (TPSA) is 43.9 Å². The van der Waals surface area contributed by atoms with Gasteiger partial charge in [-0.2, -0.15) is 0 Å². The third kappa shape index (κ3) is 4.41. The molecule has 0 radical (unpaired) electrons. The summed E-state index contributed by atoms with van der Waals surface area (Å²) in [6.45, 7) is 0. The van der Waals surface area contributed by atoms with Crippen molar-refractivity contribution in [3.8, 4) is 39.5 Å². The molecule has 3 heterocycles. The first-order valence-electron chi connectivity index (χ1n) is 17.6. The molecule has 0 atom stereocenters. The summed E-state index contributed by atoms with van der Waals surface area (Å²) in [6, 6.07) is 62.0. The third-order valence-electron chi connectivity index (χ3n) is 10.4. The predicted molar refractivity (Wildman–Crippen MR) is 215 cm³/mol. The second-order valence-corrected chi connectivity index (χ2v) is 13.4. The molecule has 0 amide bonds. The summed E-state index contributed by atoms with van der Waals surface area (Å²) in [5.74, 6) is 0.654. The fourth-order valence-corrected chi connectivity index (χ4v) is 7.96. The standard InChI is InChI=1S/C48H29N3O/c1-2-11-30(12-3-1)31-13-10-14-35(28-31)47-38-16-4-7-18-41(38)49-48(50-47)51-42-19-8-5-17-39(42)46-36-24-21-32(27-34(36)22-25-43(46)51)33-23-26-45-40(29-33)37-15-6-9-20-44(37)52-45/h1-29H. The summed E-state index contributed by atoms with van der Waals surface area (Å²) in [7, 11) is 0. The molecule has 242 valence electrons. The lowest BCUT2D eigenvalue weighted by atomic mass is 9.97. The second kappa shape index (κ2) is 11.2. The highest BCUT2D eigenvalue weighted by molar-refractivity contribution is 6.21. The molecule has 8 aromatic carbocycles. The van der Waals surface area contributed by atoms with E-state index in [0.29, 0.717) is 5.95 Å².